The highest BCUT2D eigenvalue weighted by Gasteiger charge is 2.31. The fourth-order valence-electron chi connectivity index (χ4n) is 3.50. The summed E-state index contributed by atoms with van der Waals surface area (Å²) >= 11 is 0. The van der Waals surface area contributed by atoms with E-state index in [2.05, 4.69) is 56.3 Å². The molecule has 0 spiro atoms. The highest BCUT2D eigenvalue weighted by molar-refractivity contribution is 5.41. The molecule has 0 aromatic rings. The molecule has 0 aromatic carbocycles. The van der Waals surface area contributed by atoms with Crippen molar-refractivity contribution in [1.82, 2.24) is 10.2 Å². The summed E-state index contributed by atoms with van der Waals surface area (Å²) in [5, 5.41) is 3.53. The van der Waals surface area contributed by atoms with Crippen LogP contribution >= 0.6 is 0 Å². The molecule has 3 unspecified atom stereocenters. The maximum Gasteiger partial charge on any atom is 0.0983 e. The van der Waals surface area contributed by atoms with E-state index < -0.39 is 0 Å². The first kappa shape index (κ1) is 15.9. The molecule has 0 amide bonds. The van der Waals surface area contributed by atoms with E-state index >= 15 is 0 Å². The van der Waals surface area contributed by atoms with Crippen LogP contribution in [-0.4, -0.2) is 18.0 Å². The smallest absolute Gasteiger partial charge is 0.0983 e. The molecule has 1 aliphatic heterocycles. The van der Waals surface area contributed by atoms with Crippen molar-refractivity contribution >= 4 is 0 Å². The van der Waals surface area contributed by atoms with Crippen molar-refractivity contribution in [3.63, 3.8) is 0 Å². The standard InChI is InChI=1S/C19H30N2/c1-6-16-10-9-14(4)11-19(16)20-15(5)21-12-17(7-2)18(8-3)13-21/h6,10-11,14,17-18,20H,1,5,7-9,12-13H2,2-4H3. The topological polar surface area (TPSA) is 15.3 Å². The van der Waals surface area contributed by atoms with E-state index in [0.29, 0.717) is 5.92 Å². The van der Waals surface area contributed by atoms with Crippen molar-refractivity contribution in [1.29, 1.82) is 0 Å². The Morgan fingerprint density at radius 1 is 1.33 bits per heavy atom. The van der Waals surface area contributed by atoms with Crippen LogP contribution in [0.5, 0.6) is 0 Å². The van der Waals surface area contributed by atoms with Gasteiger partial charge in [0.25, 0.3) is 0 Å². The van der Waals surface area contributed by atoms with Gasteiger partial charge in [0.1, 0.15) is 0 Å². The normalized spacial score (nSPS) is 28.9. The summed E-state index contributed by atoms with van der Waals surface area (Å²) in [5.41, 5.74) is 2.37. The largest absolute Gasteiger partial charge is 0.358 e. The molecule has 2 nitrogen and oxygen atoms in total. The molecule has 0 aromatic heterocycles. The summed E-state index contributed by atoms with van der Waals surface area (Å²) in [6.45, 7) is 17.3. The number of rotatable bonds is 6. The van der Waals surface area contributed by atoms with Crippen LogP contribution in [-0.2, 0) is 0 Å². The van der Waals surface area contributed by atoms with Crippen molar-refractivity contribution in [2.75, 3.05) is 13.1 Å². The van der Waals surface area contributed by atoms with Gasteiger partial charge in [0.15, 0.2) is 0 Å². The summed E-state index contributed by atoms with van der Waals surface area (Å²) in [5.74, 6) is 3.23. The number of nitrogens with zero attached hydrogens (tertiary/aromatic N) is 1. The summed E-state index contributed by atoms with van der Waals surface area (Å²) in [6, 6.07) is 0. The third-order valence-corrected chi connectivity index (χ3v) is 4.98. The van der Waals surface area contributed by atoms with Crippen molar-refractivity contribution in [3.05, 3.63) is 48.5 Å². The van der Waals surface area contributed by atoms with E-state index in [1.54, 1.807) is 0 Å². The van der Waals surface area contributed by atoms with Crippen LogP contribution in [0.15, 0.2) is 48.5 Å². The molecule has 116 valence electrons. The fourth-order valence-corrected chi connectivity index (χ4v) is 3.50. The second kappa shape index (κ2) is 7.02. The second-order valence-electron chi connectivity index (χ2n) is 6.47. The highest BCUT2D eigenvalue weighted by atomic mass is 15.3. The average Bonchev–Trinajstić information content (AvgIpc) is 2.91. The monoisotopic (exact) mass is 286 g/mol. The Balaban J connectivity index is 2.01. The van der Waals surface area contributed by atoms with Gasteiger partial charge in [-0.3, -0.25) is 0 Å². The van der Waals surface area contributed by atoms with Gasteiger partial charge in [0.05, 0.1) is 5.82 Å². The van der Waals surface area contributed by atoms with Crippen molar-refractivity contribution in [3.8, 4) is 0 Å². The SMILES string of the molecule is C=CC1=CCC(C)C=C1NC(=C)N1CC(CC)C(CC)C1. The Hall–Kier alpha value is -1.44. The zero-order valence-corrected chi connectivity index (χ0v) is 13.9. The number of allylic oxidation sites excluding steroid dienone is 3. The lowest BCUT2D eigenvalue weighted by Gasteiger charge is -2.26. The number of hydrogen-bond acceptors (Lipinski definition) is 2. The maximum absolute atomic E-state index is 4.27. The molecule has 2 rings (SSSR count). The van der Waals surface area contributed by atoms with Crippen LogP contribution in [0.2, 0.25) is 0 Å². The Morgan fingerprint density at radius 2 is 1.95 bits per heavy atom. The lowest BCUT2D eigenvalue weighted by atomic mass is 9.92. The summed E-state index contributed by atoms with van der Waals surface area (Å²) < 4.78 is 0. The van der Waals surface area contributed by atoms with Crippen molar-refractivity contribution in [2.24, 2.45) is 17.8 Å². The molecule has 1 saturated heterocycles. The molecule has 2 heteroatoms. The van der Waals surface area contributed by atoms with Gasteiger partial charge >= 0.3 is 0 Å². The van der Waals surface area contributed by atoms with Gasteiger partial charge < -0.3 is 10.2 Å². The first-order valence-corrected chi connectivity index (χ1v) is 8.34. The van der Waals surface area contributed by atoms with Gasteiger partial charge in [0, 0.05) is 18.8 Å². The fraction of sp³-hybridized carbons (Fsp3) is 0.579. The Morgan fingerprint density at radius 3 is 2.48 bits per heavy atom. The molecule has 3 atom stereocenters. The Bertz CT molecular complexity index is 446. The molecule has 0 bridgehead atoms. The lowest BCUT2D eigenvalue weighted by molar-refractivity contribution is 0.380. The predicted octanol–water partition coefficient (Wildman–Crippen LogP) is 4.45. The van der Waals surface area contributed by atoms with E-state index in [4.69, 9.17) is 0 Å². The van der Waals surface area contributed by atoms with Crippen LogP contribution < -0.4 is 5.32 Å². The van der Waals surface area contributed by atoms with Gasteiger partial charge in [-0.15, -0.1) is 0 Å². The van der Waals surface area contributed by atoms with Crippen LogP contribution in [0.3, 0.4) is 0 Å². The molecule has 1 aliphatic carbocycles. The van der Waals surface area contributed by atoms with Crippen LogP contribution in [0.4, 0.5) is 0 Å². The van der Waals surface area contributed by atoms with Crippen molar-refractivity contribution < 1.29 is 0 Å². The molecule has 2 aliphatic rings. The van der Waals surface area contributed by atoms with Crippen LogP contribution in [0, 0.1) is 17.8 Å². The van der Waals surface area contributed by atoms with Crippen LogP contribution in [0.1, 0.15) is 40.0 Å². The minimum atomic E-state index is 0.578. The maximum atomic E-state index is 4.27. The minimum absolute atomic E-state index is 0.578. The molecule has 0 saturated carbocycles. The quantitative estimate of drug-likeness (QED) is 0.776. The zero-order chi connectivity index (χ0) is 15.4. The highest BCUT2D eigenvalue weighted by Crippen LogP contribution is 2.31. The first-order valence-electron chi connectivity index (χ1n) is 8.34. The van der Waals surface area contributed by atoms with Crippen LogP contribution in [0.25, 0.3) is 0 Å². The predicted molar refractivity (Wildman–Crippen MR) is 91.6 cm³/mol. The molecule has 21 heavy (non-hydrogen) atoms. The van der Waals surface area contributed by atoms with Crippen molar-refractivity contribution in [2.45, 2.75) is 40.0 Å². The molecule has 1 fully saturated rings. The summed E-state index contributed by atoms with van der Waals surface area (Å²) in [7, 11) is 0. The molecule has 1 heterocycles. The third-order valence-electron chi connectivity index (χ3n) is 4.98. The van der Waals surface area contributed by atoms with Gasteiger partial charge in [-0.05, 0) is 29.7 Å². The summed E-state index contributed by atoms with van der Waals surface area (Å²) in [6.07, 6.45) is 10.1. The van der Waals surface area contributed by atoms with Gasteiger partial charge in [-0.1, -0.05) is 65.0 Å². The van der Waals surface area contributed by atoms with E-state index in [0.717, 1.165) is 37.2 Å². The first-order chi connectivity index (χ1) is 10.1. The number of hydrogen-bond donors (Lipinski definition) is 1. The number of nitrogens with one attached hydrogen (secondary N) is 1. The van der Waals surface area contributed by atoms with E-state index in [-0.39, 0.29) is 0 Å². The average molecular weight is 286 g/mol. The van der Waals surface area contributed by atoms with E-state index in [1.165, 1.54) is 24.1 Å². The van der Waals surface area contributed by atoms with Gasteiger partial charge in [-0.2, -0.15) is 0 Å². The Labute approximate surface area is 130 Å². The third kappa shape index (κ3) is 3.61. The molecular formula is C19H30N2. The van der Waals surface area contributed by atoms with Gasteiger partial charge in [-0.25, -0.2) is 0 Å². The zero-order valence-electron chi connectivity index (χ0n) is 13.9. The molecular weight excluding hydrogens is 256 g/mol. The molecule has 0 radical (unpaired) electrons. The van der Waals surface area contributed by atoms with E-state index in [1.807, 2.05) is 6.08 Å². The second-order valence-corrected chi connectivity index (χ2v) is 6.47. The van der Waals surface area contributed by atoms with Gasteiger partial charge in [0.2, 0.25) is 0 Å². The summed E-state index contributed by atoms with van der Waals surface area (Å²) in [4.78, 5) is 2.42. The molecule has 1 N–H and O–H groups in total. The lowest BCUT2D eigenvalue weighted by Crippen LogP contribution is -2.30. The minimum Gasteiger partial charge on any atom is -0.358 e. The van der Waals surface area contributed by atoms with E-state index in [9.17, 15) is 0 Å². The number of likely N-dealkylation sites (tertiary alicyclic amines) is 1. The Kier molecular flexibility index (Phi) is 5.33.